The van der Waals surface area contributed by atoms with Crippen molar-refractivity contribution in [2.75, 3.05) is 13.1 Å². The molecule has 1 aliphatic carbocycles. The van der Waals surface area contributed by atoms with Gasteiger partial charge in [0.1, 0.15) is 6.04 Å². The molecule has 4 heteroatoms. The molecule has 1 aliphatic heterocycles. The molecular formula is C12H20N2O2. The molecule has 0 radical (unpaired) electrons. The van der Waals surface area contributed by atoms with E-state index >= 15 is 0 Å². The highest BCUT2D eigenvalue weighted by atomic mass is 16.2. The third-order valence-corrected chi connectivity index (χ3v) is 4.01. The van der Waals surface area contributed by atoms with Crippen LogP contribution in [0.1, 0.15) is 39.5 Å². The van der Waals surface area contributed by atoms with Crippen LogP contribution in [0, 0.1) is 5.41 Å². The van der Waals surface area contributed by atoms with Gasteiger partial charge in [0.2, 0.25) is 11.8 Å². The van der Waals surface area contributed by atoms with E-state index in [1.165, 1.54) is 12.8 Å². The van der Waals surface area contributed by atoms with Gasteiger partial charge in [-0.15, -0.1) is 0 Å². The van der Waals surface area contributed by atoms with E-state index in [0.29, 0.717) is 11.8 Å². The summed E-state index contributed by atoms with van der Waals surface area (Å²) in [4.78, 5) is 25.3. The normalized spacial score (nSPS) is 27.9. The maximum atomic E-state index is 11.8. The van der Waals surface area contributed by atoms with Crippen molar-refractivity contribution in [2.24, 2.45) is 5.41 Å². The van der Waals surface area contributed by atoms with E-state index in [9.17, 15) is 9.59 Å². The Kier molecular flexibility index (Phi) is 2.91. The van der Waals surface area contributed by atoms with Crippen molar-refractivity contribution in [1.82, 2.24) is 10.2 Å². The van der Waals surface area contributed by atoms with Gasteiger partial charge < -0.3 is 10.2 Å². The zero-order chi connectivity index (χ0) is 11.8. The van der Waals surface area contributed by atoms with Gasteiger partial charge in [-0.25, -0.2) is 0 Å². The Morgan fingerprint density at radius 3 is 2.56 bits per heavy atom. The van der Waals surface area contributed by atoms with Gasteiger partial charge in [0, 0.05) is 6.54 Å². The number of nitrogens with zero attached hydrogens (tertiary/aromatic N) is 1. The second kappa shape index (κ2) is 4.07. The minimum absolute atomic E-state index is 0.00834. The van der Waals surface area contributed by atoms with Gasteiger partial charge in [0.25, 0.3) is 0 Å². The molecule has 1 N–H and O–H groups in total. The van der Waals surface area contributed by atoms with Gasteiger partial charge in [-0.1, -0.05) is 13.8 Å². The van der Waals surface area contributed by atoms with E-state index in [1.54, 1.807) is 4.90 Å². The molecule has 1 saturated carbocycles. The van der Waals surface area contributed by atoms with Crippen LogP contribution in [0.5, 0.6) is 0 Å². The minimum Gasteiger partial charge on any atom is -0.345 e. The van der Waals surface area contributed by atoms with E-state index in [-0.39, 0.29) is 24.4 Å². The summed E-state index contributed by atoms with van der Waals surface area (Å²) in [6.45, 7) is 5.08. The van der Waals surface area contributed by atoms with E-state index in [0.717, 1.165) is 13.0 Å². The summed E-state index contributed by atoms with van der Waals surface area (Å²) in [5.74, 6) is 0.0835. The van der Waals surface area contributed by atoms with Crippen LogP contribution < -0.4 is 5.32 Å². The van der Waals surface area contributed by atoms with Crippen LogP contribution in [0.15, 0.2) is 0 Å². The molecule has 2 amide bonds. The van der Waals surface area contributed by atoms with Crippen LogP contribution in [0.3, 0.4) is 0 Å². The molecule has 1 saturated heterocycles. The molecule has 2 rings (SSSR count). The Morgan fingerprint density at radius 2 is 2.06 bits per heavy atom. The molecule has 2 fully saturated rings. The fraction of sp³-hybridized carbons (Fsp3) is 0.833. The minimum atomic E-state index is -0.245. The van der Waals surface area contributed by atoms with Crippen molar-refractivity contribution in [3.05, 3.63) is 0 Å². The summed E-state index contributed by atoms with van der Waals surface area (Å²) in [7, 11) is 0. The SMILES string of the molecule is CCC1C(=O)NCC(=O)N1CC1(CC)CC1. The number of carbonyl (C=O) groups excluding carboxylic acids is 2. The molecule has 1 unspecified atom stereocenters. The zero-order valence-corrected chi connectivity index (χ0v) is 10.1. The van der Waals surface area contributed by atoms with Crippen LogP contribution in [0.2, 0.25) is 0 Å². The average Bonchev–Trinajstić information content (AvgIpc) is 3.05. The van der Waals surface area contributed by atoms with Crippen LogP contribution in [-0.2, 0) is 9.59 Å². The average molecular weight is 224 g/mol. The molecule has 1 atom stereocenters. The lowest BCUT2D eigenvalue weighted by atomic mass is 10.00. The van der Waals surface area contributed by atoms with Gasteiger partial charge in [-0.2, -0.15) is 0 Å². The lowest BCUT2D eigenvalue weighted by molar-refractivity contribution is -0.146. The molecule has 0 aromatic carbocycles. The number of amides is 2. The number of rotatable bonds is 4. The van der Waals surface area contributed by atoms with Crippen molar-refractivity contribution in [2.45, 2.75) is 45.6 Å². The predicted molar refractivity (Wildman–Crippen MR) is 60.8 cm³/mol. The van der Waals surface area contributed by atoms with Crippen LogP contribution in [-0.4, -0.2) is 35.8 Å². The van der Waals surface area contributed by atoms with Crippen molar-refractivity contribution < 1.29 is 9.59 Å². The first-order valence-corrected chi connectivity index (χ1v) is 6.19. The maximum Gasteiger partial charge on any atom is 0.243 e. The first-order valence-electron chi connectivity index (χ1n) is 6.19. The first kappa shape index (κ1) is 11.4. The van der Waals surface area contributed by atoms with E-state index in [1.807, 2.05) is 6.92 Å². The molecule has 0 bridgehead atoms. The smallest absolute Gasteiger partial charge is 0.243 e. The highest BCUT2D eigenvalue weighted by molar-refractivity contribution is 5.94. The fourth-order valence-electron chi connectivity index (χ4n) is 2.46. The summed E-state index contributed by atoms with van der Waals surface area (Å²) in [6, 6.07) is -0.245. The van der Waals surface area contributed by atoms with Crippen molar-refractivity contribution in [3.63, 3.8) is 0 Å². The van der Waals surface area contributed by atoms with E-state index in [2.05, 4.69) is 12.2 Å². The summed E-state index contributed by atoms with van der Waals surface area (Å²) in [5, 5.41) is 2.66. The molecule has 90 valence electrons. The second-order valence-electron chi connectivity index (χ2n) is 5.02. The van der Waals surface area contributed by atoms with Crippen LogP contribution in [0.4, 0.5) is 0 Å². The summed E-state index contributed by atoms with van der Waals surface area (Å²) < 4.78 is 0. The molecule has 0 aromatic heterocycles. The Morgan fingerprint density at radius 1 is 1.38 bits per heavy atom. The van der Waals surface area contributed by atoms with Crippen molar-refractivity contribution in [1.29, 1.82) is 0 Å². The van der Waals surface area contributed by atoms with Gasteiger partial charge in [-0.05, 0) is 31.1 Å². The summed E-state index contributed by atoms with van der Waals surface area (Å²) in [6.07, 6.45) is 4.21. The molecule has 16 heavy (non-hydrogen) atoms. The number of nitrogens with one attached hydrogen (secondary N) is 1. The monoisotopic (exact) mass is 224 g/mol. The van der Waals surface area contributed by atoms with E-state index < -0.39 is 0 Å². The Labute approximate surface area is 96.4 Å². The van der Waals surface area contributed by atoms with Crippen LogP contribution in [0.25, 0.3) is 0 Å². The molecule has 0 aromatic rings. The lowest BCUT2D eigenvalue weighted by Gasteiger charge is -2.36. The standard InChI is InChI=1S/C12H20N2O2/c1-3-9-11(16)13-7-10(15)14(9)8-12(4-2)5-6-12/h9H,3-8H2,1-2H3,(H,13,16). The largest absolute Gasteiger partial charge is 0.345 e. The maximum absolute atomic E-state index is 11.8. The fourth-order valence-corrected chi connectivity index (χ4v) is 2.46. The van der Waals surface area contributed by atoms with Crippen molar-refractivity contribution in [3.8, 4) is 0 Å². The highest BCUT2D eigenvalue weighted by Crippen LogP contribution is 2.49. The number of carbonyl (C=O) groups is 2. The Balaban J connectivity index is 2.09. The zero-order valence-electron chi connectivity index (χ0n) is 10.1. The van der Waals surface area contributed by atoms with Gasteiger partial charge in [0.05, 0.1) is 6.54 Å². The first-order chi connectivity index (χ1) is 7.62. The van der Waals surface area contributed by atoms with Crippen molar-refractivity contribution >= 4 is 11.8 Å². The summed E-state index contributed by atoms with van der Waals surface area (Å²) in [5.41, 5.74) is 0.320. The van der Waals surface area contributed by atoms with Gasteiger partial charge in [0.15, 0.2) is 0 Å². The molecule has 1 heterocycles. The van der Waals surface area contributed by atoms with Gasteiger partial charge in [-0.3, -0.25) is 9.59 Å². The highest BCUT2D eigenvalue weighted by Gasteiger charge is 2.45. The third kappa shape index (κ3) is 1.93. The number of hydrogen-bond donors (Lipinski definition) is 1. The predicted octanol–water partition coefficient (Wildman–Crippen LogP) is 0.914. The quantitative estimate of drug-likeness (QED) is 0.771. The Bertz CT molecular complexity index is 310. The summed E-state index contributed by atoms with van der Waals surface area (Å²) >= 11 is 0. The number of piperazine rings is 1. The molecule has 4 nitrogen and oxygen atoms in total. The topological polar surface area (TPSA) is 49.4 Å². The molecule has 0 spiro atoms. The van der Waals surface area contributed by atoms with E-state index in [4.69, 9.17) is 0 Å². The van der Waals surface area contributed by atoms with Crippen LogP contribution >= 0.6 is 0 Å². The number of hydrogen-bond acceptors (Lipinski definition) is 2. The second-order valence-corrected chi connectivity index (χ2v) is 5.02. The third-order valence-electron chi connectivity index (χ3n) is 4.01. The lowest BCUT2D eigenvalue weighted by Crippen LogP contribution is -2.59. The molecule has 2 aliphatic rings. The van der Waals surface area contributed by atoms with Gasteiger partial charge >= 0.3 is 0 Å². The Hall–Kier alpha value is -1.06. The molecular weight excluding hydrogens is 204 g/mol.